The number of nitrogens with zero attached hydrogens (tertiary/aromatic N) is 2. The van der Waals surface area contributed by atoms with Crippen LogP contribution < -0.4 is 9.47 Å². The first-order valence-electron chi connectivity index (χ1n) is 5.54. The van der Waals surface area contributed by atoms with Crippen molar-refractivity contribution in [1.82, 2.24) is 4.57 Å². The molecular formula is C14H14N2O2. The Hall–Kier alpha value is -2.41. The van der Waals surface area contributed by atoms with Gasteiger partial charge in [0.15, 0.2) is 11.5 Å². The van der Waals surface area contributed by atoms with E-state index in [-0.39, 0.29) is 0 Å². The third kappa shape index (κ3) is 2.30. The van der Waals surface area contributed by atoms with Gasteiger partial charge in [-0.25, -0.2) is 0 Å². The van der Waals surface area contributed by atoms with E-state index in [0.717, 1.165) is 5.56 Å². The van der Waals surface area contributed by atoms with E-state index in [1.165, 1.54) is 0 Å². The van der Waals surface area contributed by atoms with Crippen molar-refractivity contribution in [2.45, 2.75) is 6.54 Å². The molecule has 0 aliphatic carbocycles. The van der Waals surface area contributed by atoms with Gasteiger partial charge in [-0.3, -0.25) is 0 Å². The number of nitriles is 1. The van der Waals surface area contributed by atoms with Crippen molar-refractivity contribution in [2.24, 2.45) is 0 Å². The first-order chi connectivity index (χ1) is 8.78. The van der Waals surface area contributed by atoms with Gasteiger partial charge in [-0.2, -0.15) is 5.26 Å². The Balaban J connectivity index is 2.28. The predicted molar refractivity (Wildman–Crippen MR) is 67.8 cm³/mol. The average Bonchev–Trinajstić information content (AvgIpc) is 2.85. The van der Waals surface area contributed by atoms with Gasteiger partial charge < -0.3 is 14.0 Å². The first-order valence-corrected chi connectivity index (χ1v) is 5.54. The molecule has 1 aromatic carbocycles. The van der Waals surface area contributed by atoms with E-state index in [0.29, 0.717) is 23.7 Å². The maximum absolute atomic E-state index is 8.95. The van der Waals surface area contributed by atoms with Gasteiger partial charge in [-0.1, -0.05) is 6.07 Å². The molecule has 0 aliphatic heterocycles. The highest BCUT2D eigenvalue weighted by Gasteiger charge is 2.06. The summed E-state index contributed by atoms with van der Waals surface area (Å²) >= 11 is 0. The Bertz CT molecular complexity index is 582. The van der Waals surface area contributed by atoms with E-state index < -0.39 is 0 Å². The maximum atomic E-state index is 8.95. The molecule has 0 bridgehead atoms. The van der Waals surface area contributed by atoms with Crippen molar-refractivity contribution < 1.29 is 9.47 Å². The van der Waals surface area contributed by atoms with Gasteiger partial charge in [0, 0.05) is 12.7 Å². The van der Waals surface area contributed by atoms with Crippen LogP contribution in [0.1, 0.15) is 11.3 Å². The molecule has 0 aliphatic rings. The topological polar surface area (TPSA) is 47.2 Å². The fraction of sp³-hybridized carbons (Fsp3) is 0.214. The van der Waals surface area contributed by atoms with Crippen LogP contribution in [-0.2, 0) is 6.54 Å². The van der Waals surface area contributed by atoms with Crippen LogP contribution in [0.4, 0.5) is 0 Å². The Morgan fingerprint density at radius 2 is 1.94 bits per heavy atom. The summed E-state index contributed by atoms with van der Waals surface area (Å²) in [5, 5.41) is 8.95. The van der Waals surface area contributed by atoms with Crippen LogP contribution >= 0.6 is 0 Å². The van der Waals surface area contributed by atoms with Crippen molar-refractivity contribution in [3.05, 3.63) is 47.8 Å². The maximum Gasteiger partial charge on any atom is 0.161 e. The molecular weight excluding hydrogens is 228 g/mol. The lowest BCUT2D eigenvalue weighted by Gasteiger charge is -2.10. The normalized spacial score (nSPS) is 9.83. The molecule has 4 heteroatoms. The second kappa shape index (κ2) is 5.28. The minimum absolute atomic E-state index is 0.635. The van der Waals surface area contributed by atoms with Crippen LogP contribution in [0.5, 0.6) is 11.5 Å². The monoisotopic (exact) mass is 242 g/mol. The van der Waals surface area contributed by atoms with E-state index in [9.17, 15) is 0 Å². The molecule has 1 heterocycles. The molecule has 18 heavy (non-hydrogen) atoms. The van der Waals surface area contributed by atoms with E-state index in [4.69, 9.17) is 14.7 Å². The fourth-order valence-corrected chi connectivity index (χ4v) is 1.83. The summed E-state index contributed by atoms with van der Waals surface area (Å²) in [6.45, 7) is 0.635. The van der Waals surface area contributed by atoms with Gasteiger partial charge in [0.05, 0.1) is 14.2 Å². The van der Waals surface area contributed by atoms with Crippen LogP contribution in [0.3, 0.4) is 0 Å². The fourth-order valence-electron chi connectivity index (χ4n) is 1.83. The summed E-state index contributed by atoms with van der Waals surface area (Å²) in [5.74, 6) is 1.40. The summed E-state index contributed by atoms with van der Waals surface area (Å²) in [6.07, 6.45) is 1.88. The molecule has 4 nitrogen and oxygen atoms in total. The molecule has 0 fully saturated rings. The summed E-state index contributed by atoms with van der Waals surface area (Å²) in [7, 11) is 3.22. The molecule has 0 amide bonds. The van der Waals surface area contributed by atoms with Crippen LogP contribution in [-0.4, -0.2) is 18.8 Å². The van der Waals surface area contributed by atoms with Crippen LogP contribution in [0.2, 0.25) is 0 Å². The number of ether oxygens (including phenoxy) is 2. The molecule has 92 valence electrons. The highest BCUT2D eigenvalue weighted by Crippen LogP contribution is 2.27. The van der Waals surface area contributed by atoms with Gasteiger partial charge in [0.1, 0.15) is 11.8 Å². The minimum Gasteiger partial charge on any atom is -0.493 e. The highest BCUT2D eigenvalue weighted by molar-refractivity contribution is 5.43. The van der Waals surface area contributed by atoms with Gasteiger partial charge in [-0.05, 0) is 29.8 Å². The molecule has 1 aromatic heterocycles. The number of hydrogen-bond acceptors (Lipinski definition) is 3. The Morgan fingerprint density at radius 3 is 2.61 bits per heavy atom. The molecule has 2 rings (SSSR count). The zero-order valence-corrected chi connectivity index (χ0v) is 10.4. The van der Waals surface area contributed by atoms with E-state index in [1.807, 2.05) is 35.0 Å². The SMILES string of the molecule is COc1ccc(Cn2cccc2C#N)cc1OC. The smallest absolute Gasteiger partial charge is 0.161 e. The summed E-state index contributed by atoms with van der Waals surface area (Å²) in [4.78, 5) is 0. The molecule has 0 spiro atoms. The number of benzene rings is 1. The standard InChI is InChI=1S/C14H14N2O2/c1-17-13-6-5-11(8-14(13)18-2)10-16-7-3-4-12(16)9-15/h3-8H,10H2,1-2H3. The summed E-state index contributed by atoms with van der Waals surface area (Å²) < 4.78 is 12.3. The quantitative estimate of drug-likeness (QED) is 0.827. The van der Waals surface area contributed by atoms with Gasteiger partial charge in [0.2, 0.25) is 0 Å². The van der Waals surface area contributed by atoms with Crippen LogP contribution in [0.15, 0.2) is 36.5 Å². The van der Waals surface area contributed by atoms with Crippen molar-refractivity contribution in [2.75, 3.05) is 14.2 Å². The number of hydrogen-bond donors (Lipinski definition) is 0. The molecule has 0 radical (unpaired) electrons. The van der Waals surface area contributed by atoms with E-state index in [1.54, 1.807) is 20.3 Å². The predicted octanol–water partition coefficient (Wildman–Crippen LogP) is 2.43. The Labute approximate surface area is 106 Å². The minimum atomic E-state index is 0.635. The summed E-state index contributed by atoms with van der Waals surface area (Å²) in [6, 6.07) is 11.5. The number of methoxy groups -OCH3 is 2. The molecule has 2 aromatic rings. The van der Waals surface area contributed by atoms with Crippen molar-refractivity contribution >= 4 is 0 Å². The number of aromatic nitrogens is 1. The molecule has 0 atom stereocenters. The van der Waals surface area contributed by atoms with E-state index >= 15 is 0 Å². The number of rotatable bonds is 4. The van der Waals surface area contributed by atoms with Gasteiger partial charge in [0.25, 0.3) is 0 Å². The van der Waals surface area contributed by atoms with Gasteiger partial charge in [-0.15, -0.1) is 0 Å². The molecule has 0 N–H and O–H groups in total. The van der Waals surface area contributed by atoms with E-state index in [2.05, 4.69) is 6.07 Å². The second-order valence-electron chi connectivity index (χ2n) is 3.82. The van der Waals surface area contributed by atoms with Gasteiger partial charge >= 0.3 is 0 Å². The Kier molecular flexibility index (Phi) is 3.54. The third-order valence-corrected chi connectivity index (χ3v) is 2.74. The molecule has 0 saturated carbocycles. The average molecular weight is 242 g/mol. The van der Waals surface area contributed by atoms with Crippen LogP contribution in [0.25, 0.3) is 0 Å². The first kappa shape index (κ1) is 12.1. The lowest BCUT2D eigenvalue weighted by molar-refractivity contribution is 0.354. The zero-order valence-electron chi connectivity index (χ0n) is 10.4. The third-order valence-electron chi connectivity index (χ3n) is 2.74. The van der Waals surface area contributed by atoms with Crippen molar-refractivity contribution in [3.8, 4) is 17.6 Å². The lowest BCUT2D eigenvalue weighted by Crippen LogP contribution is -2.01. The second-order valence-corrected chi connectivity index (χ2v) is 3.82. The highest BCUT2D eigenvalue weighted by atomic mass is 16.5. The van der Waals surface area contributed by atoms with Crippen molar-refractivity contribution in [3.63, 3.8) is 0 Å². The Morgan fingerprint density at radius 1 is 1.17 bits per heavy atom. The van der Waals surface area contributed by atoms with Crippen LogP contribution in [0, 0.1) is 11.3 Å². The summed E-state index contributed by atoms with van der Waals surface area (Å²) in [5.41, 5.74) is 1.70. The lowest BCUT2D eigenvalue weighted by atomic mass is 10.2. The molecule has 0 unspecified atom stereocenters. The largest absolute Gasteiger partial charge is 0.493 e. The molecule has 0 saturated heterocycles. The zero-order chi connectivity index (χ0) is 13.0. The van der Waals surface area contributed by atoms with Crippen molar-refractivity contribution in [1.29, 1.82) is 5.26 Å².